The number of carbonyl (C=O) groups is 1. The molecular formula is C22H21ClN2O4S. The number of sulfonamides is 1. The molecule has 8 heteroatoms. The normalized spacial score (nSPS) is 11.0. The summed E-state index contributed by atoms with van der Waals surface area (Å²) in [6.45, 7) is 1.33. The fourth-order valence-electron chi connectivity index (χ4n) is 2.94. The number of nitrogens with zero attached hydrogens (tertiary/aromatic N) is 1. The van der Waals surface area contributed by atoms with Crippen LogP contribution < -0.4 is 14.4 Å². The van der Waals surface area contributed by atoms with Crippen LogP contribution in [0.3, 0.4) is 0 Å². The van der Waals surface area contributed by atoms with Crippen molar-refractivity contribution in [3.05, 3.63) is 83.4 Å². The van der Waals surface area contributed by atoms with Crippen LogP contribution >= 0.6 is 11.6 Å². The van der Waals surface area contributed by atoms with Crippen LogP contribution in [0.15, 0.2) is 77.7 Å². The molecule has 0 aromatic heterocycles. The molecule has 3 aromatic carbocycles. The zero-order chi connectivity index (χ0) is 21.7. The average molecular weight is 445 g/mol. The molecule has 0 saturated heterocycles. The van der Waals surface area contributed by atoms with Crippen molar-refractivity contribution in [2.24, 2.45) is 0 Å². The molecule has 1 N–H and O–H groups in total. The third kappa shape index (κ3) is 4.75. The largest absolute Gasteiger partial charge is 0.495 e. The maximum absolute atomic E-state index is 13.4. The topological polar surface area (TPSA) is 75.7 Å². The number of benzene rings is 3. The molecule has 3 rings (SSSR count). The first-order valence-electron chi connectivity index (χ1n) is 9.09. The fraction of sp³-hybridized carbons (Fsp3) is 0.136. The molecule has 0 saturated carbocycles. The third-order valence-corrected chi connectivity index (χ3v) is 6.45. The molecule has 156 valence electrons. The first-order chi connectivity index (χ1) is 14.3. The van der Waals surface area contributed by atoms with E-state index in [1.165, 1.54) is 25.3 Å². The highest BCUT2D eigenvalue weighted by Crippen LogP contribution is 2.30. The second kappa shape index (κ2) is 9.19. The highest BCUT2D eigenvalue weighted by atomic mass is 35.5. The van der Waals surface area contributed by atoms with Gasteiger partial charge in [0.2, 0.25) is 5.91 Å². The lowest BCUT2D eigenvalue weighted by Gasteiger charge is -2.26. The second-order valence-electron chi connectivity index (χ2n) is 6.50. The number of methoxy groups -OCH3 is 1. The quantitative estimate of drug-likeness (QED) is 0.582. The van der Waals surface area contributed by atoms with Crippen LogP contribution in [-0.2, 0) is 14.8 Å². The van der Waals surface area contributed by atoms with E-state index in [1.54, 1.807) is 61.5 Å². The first-order valence-corrected chi connectivity index (χ1v) is 10.9. The van der Waals surface area contributed by atoms with Crippen molar-refractivity contribution >= 4 is 38.9 Å². The number of ether oxygens (including phenoxy) is 1. The van der Waals surface area contributed by atoms with E-state index in [4.69, 9.17) is 16.3 Å². The van der Waals surface area contributed by atoms with E-state index in [-0.39, 0.29) is 4.90 Å². The predicted molar refractivity (Wildman–Crippen MR) is 119 cm³/mol. The number of hydrogen-bond acceptors (Lipinski definition) is 4. The SMILES string of the molecule is COc1ccccc1NC(=O)CN(c1cc(Cl)ccc1C)S(=O)(=O)c1ccccc1. The van der Waals surface area contributed by atoms with Gasteiger partial charge in [-0.25, -0.2) is 8.42 Å². The van der Waals surface area contributed by atoms with E-state index in [1.807, 2.05) is 0 Å². The molecule has 30 heavy (non-hydrogen) atoms. The van der Waals surface area contributed by atoms with E-state index < -0.39 is 22.5 Å². The summed E-state index contributed by atoms with van der Waals surface area (Å²) in [6, 6.07) is 19.8. The van der Waals surface area contributed by atoms with Crippen molar-refractivity contribution in [2.75, 3.05) is 23.3 Å². The summed E-state index contributed by atoms with van der Waals surface area (Å²) in [4.78, 5) is 12.9. The van der Waals surface area contributed by atoms with Gasteiger partial charge in [-0.15, -0.1) is 0 Å². The molecule has 0 fully saturated rings. The summed E-state index contributed by atoms with van der Waals surface area (Å²) in [5.41, 5.74) is 1.45. The minimum atomic E-state index is -4.01. The Labute approximate surface area is 181 Å². The second-order valence-corrected chi connectivity index (χ2v) is 8.80. The van der Waals surface area contributed by atoms with E-state index >= 15 is 0 Å². The number of rotatable bonds is 7. The van der Waals surface area contributed by atoms with Crippen molar-refractivity contribution in [3.63, 3.8) is 0 Å². The van der Waals surface area contributed by atoms with Crippen molar-refractivity contribution in [3.8, 4) is 5.75 Å². The highest BCUT2D eigenvalue weighted by molar-refractivity contribution is 7.92. The van der Waals surface area contributed by atoms with Gasteiger partial charge in [0.25, 0.3) is 10.0 Å². The number of hydrogen-bond donors (Lipinski definition) is 1. The van der Waals surface area contributed by atoms with E-state index in [0.29, 0.717) is 27.7 Å². The maximum atomic E-state index is 13.4. The van der Waals surface area contributed by atoms with E-state index in [2.05, 4.69) is 5.32 Å². The molecule has 0 aliphatic heterocycles. The number of para-hydroxylation sites is 2. The Morgan fingerprint density at radius 3 is 2.40 bits per heavy atom. The minimum Gasteiger partial charge on any atom is -0.495 e. The lowest BCUT2D eigenvalue weighted by Crippen LogP contribution is -2.38. The lowest BCUT2D eigenvalue weighted by molar-refractivity contribution is -0.114. The van der Waals surface area contributed by atoms with Gasteiger partial charge in [-0.3, -0.25) is 9.10 Å². The van der Waals surface area contributed by atoms with E-state index in [9.17, 15) is 13.2 Å². The third-order valence-electron chi connectivity index (χ3n) is 4.44. The van der Waals surface area contributed by atoms with Gasteiger partial charge in [0, 0.05) is 5.02 Å². The van der Waals surface area contributed by atoms with Gasteiger partial charge < -0.3 is 10.1 Å². The smallest absolute Gasteiger partial charge is 0.264 e. The maximum Gasteiger partial charge on any atom is 0.264 e. The number of carbonyl (C=O) groups excluding carboxylic acids is 1. The summed E-state index contributed by atoms with van der Waals surface area (Å²) in [7, 11) is -2.52. The molecule has 0 unspecified atom stereocenters. The Morgan fingerprint density at radius 2 is 1.70 bits per heavy atom. The van der Waals surface area contributed by atoms with Gasteiger partial charge >= 0.3 is 0 Å². The average Bonchev–Trinajstić information content (AvgIpc) is 2.75. The van der Waals surface area contributed by atoms with Crippen LogP contribution in [0.2, 0.25) is 5.02 Å². The Kier molecular flexibility index (Phi) is 6.64. The van der Waals surface area contributed by atoms with Crippen LogP contribution in [0, 0.1) is 6.92 Å². The summed E-state index contributed by atoms with van der Waals surface area (Å²) in [5.74, 6) is -0.0411. The van der Waals surface area contributed by atoms with E-state index in [0.717, 1.165) is 4.31 Å². The molecule has 0 bridgehead atoms. The molecule has 0 atom stereocenters. The van der Waals surface area contributed by atoms with Gasteiger partial charge in [0.1, 0.15) is 12.3 Å². The van der Waals surface area contributed by atoms with Crippen LogP contribution in [0.25, 0.3) is 0 Å². The summed E-state index contributed by atoms with van der Waals surface area (Å²) in [5, 5.41) is 3.09. The van der Waals surface area contributed by atoms with Crippen molar-refractivity contribution in [1.82, 2.24) is 0 Å². The van der Waals surface area contributed by atoms with Crippen molar-refractivity contribution < 1.29 is 17.9 Å². The predicted octanol–water partition coefficient (Wildman–Crippen LogP) is 4.49. The monoisotopic (exact) mass is 444 g/mol. The number of amides is 1. The molecule has 1 amide bonds. The van der Waals surface area contributed by atoms with Crippen LogP contribution in [0.4, 0.5) is 11.4 Å². The van der Waals surface area contributed by atoms with Crippen LogP contribution in [0.1, 0.15) is 5.56 Å². The van der Waals surface area contributed by atoms with Crippen LogP contribution in [-0.4, -0.2) is 28.0 Å². The molecule has 0 heterocycles. The molecule has 0 aliphatic carbocycles. The number of nitrogens with one attached hydrogen (secondary N) is 1. The Morgan fingerprint density at radius 1 is 1.03 bits per heavy atom. The molecule has 0 aliphatic rings. The first kappa shape index (κ1) is 21.7. The number of anilines is 2. The number of aryl methyl sites for hydroxylation is 1. The number of halogens is 1. The van der Waals surface area contributed by atoms with Crippen molar-refractivity contribution in [1.29, 1.82) is 0 Å². The standard InChI is InChI=1S/C22H21ClN2O4S/c1-16-12-13-17(23)14-20(16)25(30(27,28)18-8-4-3-5-9-18)15-22(26)24-19-10-6-7-11-21(19)29-2/h3-14H,15H2,1-2H3,(H,24,26). The molecular weight excluding hydrogens is 424 g/mol. The van der Waals surface area contributed by atoms with Gasteiger partial charge in [0.05, 0.1) is 23.4 Å². The van der Waals surface area contributed by atoms with Gasteiger partial charge in [-0.2, -0.15) is 0 Å². The molecule has 0 spiro atoms. The van der Waals surface area contributed by atoms with Crippen LogP contribution in [0.5, 0.6) is 5.75 Å². The Hall–Kier alpha value is -3.03. The zero-order valence-corrected chi connectivity index (χ0v) is 18.1. The van der Waals surface area contributed by atoms with Gasteiger partial charge in [-0.05, 0) is 48.9 Å². The fourth-order valence-corrected chi connectivity index (χ4v) is 4.60. The molecule has 6 nitrogen and oxygen atoms in total. The Balaban J connectivity index is 2.00. The summed E-state index contributed by atoms with van der Waals surface area (Å²) < 4.78 is 33.1. The lowest BCUT2D eigenvalue weighted by atomic mass is 10.2. The Bertz CT molecular complexity index is 1150. The summed E-state index contributed by atoms with van der Waals surface area (Å²) >= 11 is 6.12. The summed E-state index contributed by atoms with van der Waals surface area (Å²) in [6.07, 6.45) is 0. The van der Waals surface area contributed by atoms with Gasteiger partial charge in [-0.1, -0.05) is 48.0 Å². The highest BCUT2D eigenvalue weighted by Gasteiger charge is 2.28. The van der Waals surface area contributed by atoms with Crippen molar-refractivity contribution in [2.45, 2.75) is 11.8 Å². The molecule has 0 radical (unpaired) electrons. The van der Waals surface area contributed by atoms with Gasteiger partial charge in [0.15, 0.2) is 0 Å². The zero-order valence-electron chi connectivity index (χ0n) is 16.5. The molecule has 3 aromatic rings. The minimum absolute atomic E-state index is 0.0782.